The second kappa shape index (κ2) is 7.49. The number of benzene rings is 1. The van der Waals surface area contributed by atoms with Gasteiger partial charge < -0.3 is 25.8 Å². The molecule has 1 atom stereocenters. The Morgan fingerprint density at radius 3 is 2.29 bits per heavy atom. The fourth-order valence-electron chi connectivity index (χ4n) is 1.84. The van der Waals surface area contributed by atoms with Crippen LogP contribution < -0.4 is 25.8 Å². The first-order valence-electron chi connectivity index (χ1n) is 6.45. The Labute approximate surface area is 123 Å². The molecule has 0 aliphatic rings. The molecule has 1 aromatic carbocycles. The summed E-state index contributed by atoms with van der Waals surface area (Å²) < 4.78 is 10.3. The SMILES string of the molecule is CNCC(C)C(=O)Nc1cc(OC)c(OC)cc1C(N)=O. The number of rotatable bonds is 7. The van der Waals surface area contributed by atoms with Crippen LogP contribution in [0.3, 0.4) is 0 Å². The van der Waals surface area contributed by atoms with Gasteiger partial charge in [-0.05, 0) is 13.1 Å². The van der Waals surface area contributed by atoms with E-state index >= 15 is 0 Å². The highest BCUT2D eigenvalue weighted by Crippen LogP contribution is 2.33. The van der Waals surface area contributed by atoms with Crippen molar-refractivity contribution < 1.29 is 19.1 Å². The Bertz CT molecular complexity index is 531. The van der Waals surface area contributed by atoms with Crippen LogP contribution in [-0.2, 0) is 4.79 Å². The molecule has 116 valence electrons. The molecule has 0 saturated heterocycles. The first-order valence-corrected chi connectivity index (χ1v) is 6.45. The maximum Gasteiger partial charge on any atom is 0.250 e. The van der Waals surface area contributed by atoms with Gasteiger partial charge in [0, 0.05) is 18.5 Å². The molecule has 7 nitrogen and oxygen atoms in total. The number of hydrogen-bond donors (Lipinski definition) is 3. The van der Waals surface area contributed by atoms with E-state index in [2.05, 4.69) is 10.6 Å². The smallest absolute Gasteiger partial charge is 0.250 e. The topological polar surface area (TPSA) is 103 Å². The minimum absolute atomic E-state index is 0.164. The van der Waals surface area contributed by atoms with E-state index in [9.17, 15) is 9.59 Å². The Morgan fingerprint density at radius 1 is 1.24 bits per heavy atom. The third kappa shape index (κ3) is 4.09. The summed E-state index contributed by atoms with van der Waals surface area (Å²) in [6, 6.07) is 2.96. The molecule has 0 radical (unpaired) electrons. The zero-order valence-electron chi connectivity index (χ0n) is 12.6. The van der Waals surface area contributed by atoms with Gasteiger partial charge in [0.05, 0.1) is 25.5 Å². The number of primary amides is 1. The second-order valence-electron chi connectivity index (χ2n) is 4.57. The van der Waals surface area contributed by atoms with Gasteiger partial charge >= 0.3 is 0 Å². The van der Waals surface area contributed by atoms with Crippen molar-refractivity contribution in [2.45, 2.75) is 6.92 Å². The lowest BCUT2D eigenvalue weighted by atomic mass is 10.1. The maximum absolute atomic E-state index is 12.1. The van der Waals surface area contributed by atoms with Gasteiger partial charge in [-0.2, -0.15) is 0 Å². The van der Waals surface area contributed by atoms with Gasteiger partial charge in [-0.15, -0.1) is 0 Å². The van der Waals surface area contributed by atoms with E-state index in [0.717, 1.165) is 0 Å². The van der Waals surface area contributed by atoms with Crippen LogP contribution in [0.25, 0.3) is 0 Å². The fraction of sp³-hybridized carbons (Fsp3) is 0.429. The van der Waals surface area contributed by atoms with Crippen LogP contribution in [0.1, 0.15) is 17.3 Å². The fourth-order valence-corrected chi connectivity index (χ4v) is 1.84. The van der Waals surface area contributed by atoms with E-state index in [-0.39, 0.29) is 17.4 Å². The average molecular weight is 295 g/mol. The molecule has 1 unspecified atom stereocenters. The number of hydrogen-bond acceptors (Lipinski definition) is 5. The van der Waals surface area contributed by atoms with Crippen molar-refractivity contribution in [1.29, 1.82) is 0 Å². The van der Waals surface area contributed by atoms with Gasteiger partial charge in [0.25, 0.3) is 5.91 Å². The molecule has 1 aromatic rings. The molecule has 0 spiro atoms. The van der Waals surface area contributed by atoms with E-state index in [1.165, 1.54) is 26.4 Å². The molecule has 0 saturated carbocycles. The number of nitrogens with one attached hydrogen (secondary N) is 2. The Morgan fingerprint density at radius 2 is 1.81 bits per heavy atom. The lowest BCUT2D eigenvalue weighted by Crippen LogP contribution is -2.29. The standard InChI is InChI=1S/C14H21N3O4/c1-8(7-16-2)14(19)17-10-6-12(21-4)11(20-3)5-9(10)13(15)18/h5-6,8,16H,7H2,1-4H3,(H2,15,18)(H,17,19). The Balaban J connectivity index is 3.15. The summed E-state index contributed by atoms with van der Waals surface area (Å²) in [5.74, 6) is -0.373. The van der Waals surface area contributed by atoms with Crippen LogP contribution in [0, 0.1) is 5.92 Å². The molecule has 1 rings (SSSR count). The van der Waals surface area contributed by atoms with Crippen LogP contribution in [0.5, 0.6) is 11.5 Å². The number of carbonyl (C=O) groups excluding carboxylic acids is 2. The summed E-state index contributed by atoms with van der Waals surface area (Å²) in [7, 11) is 4.68. The van der Waals surface area contributed by atoms with Crippen LogP contribution in [-0.4, -0.2) is 39.6 Å². The van der Waals surface area contributed by atoms with Crippen LogP contribution >= 0.6 is 0 Å². The molecular formula is C14H21N3O4. The lowest BCUT2D eigenvalue weighted by Gasteiger charge is -2.16. The predicted octanol–water partition coefficient (Wildman–Crippen LogP) is 0.597. The minimum atomic E-state index is -0.660. The number of anilines is 1. The Kier molecular flexibility index (Phi) is 5.98. The molecule has 0 bridgehead atoms. The summed E-state index contributed by atoms with van der Waals surface area (Å²) >= 11 is 0. The average Bonchev–Trinajstić information content (AvgIpc) is 2.46. The third-order valence-corrected chi connectivity index (χ3v) is 3.00. The molecule has 2 amide bonds. The van der Waals surface area contributed by atoms with Gasteiger partial charge in [-0.25, -0.2) is 0 Å². The van der Waals surface area contributed by atoms with Crippen molar-refractivity contribution >= 4 is 17.5 Å². The Hall–Kier alpha value is -2.28. The summed E-state index contributed by atoms with van der Waals surface area (Å²) in [6.07, 6.45) is 0. The van der Waals surface area contributed by atoms with Gasteiger partial charge in [0.15, 0.2) is 11.5 Å². The lowest BCUT2D eigenvalue weighted by molar-refractivity contribution is -0.119. The van der Waals surface area contributed by atoms with Gasteiger partial charge in [-0.3, -0.25) is 9.59 Å². The number of methoxy groups -OCH3 is 2. The molecule has 0 aromatic heterocycles. The summed E-state index contributed by atoms with van der Waals surface area (Å²) in [5.41, 5.74) is 5.80. The minimum Gasteiger partial charge on any atom is -0.493 e. The zero-order valence-corrected chi connectivity index (χ0v) is 12.6. The van der Waals surface area contributed by atoms with Crippen molar-refractivity contribution in [3.8, 4) is 11.5 Å². The van der Waals surface area contributed by atoms with Crippen molar-refractivity contribution in [2.24, 2.45) is 11.7 Å². The number of ether oxygens (including phenoxy) is 2. The predicted molar refractivity (Wildman–Crippen MR) is 79.8 cm³/mol. The second-order valence-corrected chi connectivity index (χ2v) is 4.57. The summed E-state index contributed by atoms with van der Waals surface area (Å²) in [5, 5.41) is 5.60. The number of carbonyl (C=O) groups is 2. The molecule has 0 aliphatic carbocycles. The van der Waals surface area contributed by atoms with Gasteiger partial charge in [0.1, 0.15) is 0 Å². The monoisotopic (exact) mass is 295 g/mol. The van der Waals surface area contributed by atoms with Crippen molar-refractivity contribution in [3.63, 3.8) is 0 Å². The number of nitrogens with two attached hydrogens (primary N) is 1. The largest absolute Gasteiger partial charge is 0.493 e. The number of amides is 2. The zero-order chi connectivity index (χ0) is 16.0. The first kappa shape index (κ1) is 16.8. The molecule has 0 aliphatic heterocycles. The van der Waals surface area contributed by atoms with Crippen LogP contribution in [0.2, 0.25) is 0 Å². The third-order valence-electron chi connectivity index (χ3n) is 3.00. The highest BCUT2D eigenvalue weighted by molar-refractivity contribution is 6.04. The van der Waals surface area contributed by atoms with E-state index < -0.39 is 5.91 Å². The summed E-state index contributed by atoms with van der Waals surface area (Å²) in [6.45, 7) is 2.29. The maximum atomic E-state index is 12.1. The molecule has 4 N–H and O–H groups in total. The van der Waals surface area contributed by atoms with Crippen LogP contribution in [0.4, 0.5) is 5.69 Å². The van der Waals surface area contributed by atoms with Gasteiger partial charge in [0.2, 0.25) is 5.91 Å². The normalized spacial score (nSPS) is 11.6. The van der Waals surface area contributed by atoms with E-state index in [1.54, 1.807) is 14.0 Å². The van der Waals surface area contributed by atoms with Crippen molar-refractivity contribution in [2.75, 3.05) is 33.1 Å². The van der Waals surface area contributed by atoms with Crippen molar-refractivity contribution in [1.82, 2.24) is 5.32 Å². The van der Waals surface area contributed by atoms with Gasteiger partial charge in [-0.1, -0.05) is 6.92 Å². The highest BCUT2D eigenvalue weighted by Gasteiger charge is 2.19. The highest BCUT2D eigenvalue weighted by atomic mass is 16.5. The van der Waals surface area contributed by atoms with E-state index in [0.29, 0.717) is 23.7 Å². The molecule has 0 heterocycles. The van der Waals surface area contributed by atoms with Crippen LogP contribution in [0.15, 0.2) is 12.1 Å². The molecule has 0 fully saturated rings. The van der Waals surface area contributed by atoms with E-state index in [4.69, 9.17) is 15.2 Å². The molecular weight excluding hydrogens is 274 g/mol. The summed E-state index contributed by atoms with van der Waals surface area (Å²) in [4.78, 5) is 23.6. The van der Waals surface area contributed by atoms with Crippen molar-refractivity contribution in [3.05, 3.63) is 17.7 Å². The molecule has 7 heteroatoms. The van der Waals surface area contributed by atoms with E-state index in [1.807, 2.05) is 0 Å². The molecule has 21 heavy (non-hydrogen) atoms. The first-order chi connectivity index (χ1) is 9.94. The quantitative estimate of drug-likeness (QED) is 0.683.